The molecule has 2 aliphatic rings. The molecule has 0 saturated carbocycles. The number of unbranched alkanes of at least 4 members (excludes halogenated alkanes) is 47. The molecule has 14 heteroatoms. The van der Waals surface area contributed by atoms with Crippen LogP contribution in [0.5, 0.6) is 0 Å². The maximum Gasteiger partial charge on any atom is 0.220 e. The number of carbonyl (C=O) groups is 1. The Bertz CT molecular complexity index is 1840. The van der Waals surface area contributed by atoms with Gasteiger partial charge in [0.25, 0.3) is 0 Å². The van der Waals surface area contributed by atoms with Crippen molar-refractivity contribution in [1.82, 2.24) is 5.32 Å². The zero-order valence-electron chi connectivity index (χ0n) is 61.6. The second kappa shape index (κ2) is 66.0. The molecule has 0 bridgehead atoms. The smallest absolute Gasteiger partial charge is 0.220 e. The Kier molecular flexibility index (Phi) is 61.7. The molecular weight excluding hydrogens is 1210 g/mol. The first-order chi connectivity index (χ1) is 47.1. The summed E-state index contributed by atoms with van der Waals surface area (Å²) in [6, 6.07) is -0.936. The van der Waals surface area contributed by atoms with Gasteiger partial charge in [0.2, 0.25) is 5.91 Å². The van der Waals surface area contributed by atoms with Crippen molar-refractivity contribution in [2.45, 2.75) is 434 Å². The fourth-order valence-corrected chi connectivity index (χ4v) is 13.3. The van der Waals surface area contributed by atoms with E-state index in [0.717, 1.165) is 44.9 Å². The first-order valence-corrected chi connectivity index (χ1v) is 40.5. The number of aliphatic hydroxyl groups is 8. The lowest BCUT2D eigenvalue weighted by molar-refractivity contribution is -0.359. The molecule has 9 N–H and O–H groups in total. The van der Waals surface area contributed by atoms with Crippen molar-refractivity contribution in [1.29, 1.82) is 0 Å². The highest BCUT2D eigenvalue weighted by atomic mass is 16.7. The molecule has 96 heavy (non-hydrogen) atoms. The average molecular weight is 1360 g/mol. The number of nitrogens with one attached hydrogen (secondary N) is 1. The highest BCUT2D eigenvalue weighted by molar-refractivity contribution is 5.76. The van der Waals surface area contributed by atoms with Crippen molar-refractivity contribution in [3.05, 3.63) is 60.8 Å². The van der Waals surface area contributed by atoms with Gasteiger partial charge in [0.1, 0.15) is 48.8 Å². The number of hydrogen-bond acceptors (Lipinski definition) is 13. The van der Waals surface area contributed by atoms with E-state index in [2.05, 4.69) is 67.8 Å². The van der Waals surface area contributed by atoms with E-state index in [4.69, 9.17) is 18.9 Å². The lowest BCUT2D eigenvalue weighted by atomic mass is 9.97. The van der Waals surface area contributed by atoms with Crippen LogP contribution < -0.4 is 5.32 Å². The van der Waals surface area contributed by atoms with Gasteiger partial charge in [-0.1, -0.05) is 344 Å². The zero-order chi connectivity index (χ0) is 69.4. The summed E-state index contributed by atoms with van der Waals surface area (Å²) in [4.78, 5) is 13.4. The predicted molar refractivity (Wildman–Crippen MR) is 397 cm³/mol. The van der Waals surface area contributed by atoms with Gasteiger partial charge in [-0.15, -0.1) is 0 Å². The Morgan fingerprint density at radius 3 is 1.09 bits per heavy atom. The Morgan fingerprint density at radius 2 is 0.698 bits per heavy atom. The number of amides is 1. The van der Waals surface area contributed by atoms with Gasteiger partial charge in [0.15, 0.2) is 12.6 Å². The van der Waals surface area contributed by atoms with E-state index in [9.17, 15) is 45.6 Å². The van der Waals surface area contributed by atoms with Gasteiger partial charge < -0.3 is 65.1 Å². The summed E-state index contributed by atoms with van der Waals surface area (Å²) in [6.07, 6.45) is 73.1. The van der Waals surface area contributed by atoms with Gasteiger partial charge in [-0.05, 0) is 70.6 Å². The molecular formula is C82H151NO13. The van der Waals surface area contributed by atoms with Gasteiger partial charge in [0, 0.05) is 6.42 Å². The van der Waals surface area contributed by atoms with Crippen LogP contribution in [0.2, 0.25) is 0 Å². The third-order valence-corrected chi connectivity index (χ3v) is 19.7. The molecule has 0 aromatic rings. The third-order valence-electron chi connectivity index (χ3n) is 19.7. The molecule has 12 unspecified atom stereocenters. The Balaban J connectivity index is 1.63. The van der Waals surface area contributed by atoms with Crippen molar-refractivity contribution < 1.29 is 64.6 Å². The monoisotopic (exact) mass is 1360 g/mol. The molecule has 0 aliphatic carbocycles. The van der Waals surface area contributed by atoms with Crippen LogP contribution in [0, 0.1) is 0 Å². The number of rotatable bonds is 68. The first kappa shape index (κ1) is 89.8. The quantitative estimate of drug-likeness (QED) is 0.0204. The first-order valence-electron chi connectivity index (χ1n) is 40.5. The van der Waals surface area contributed by atoms with Gasteiger partial charge in [-0.25, -0.2) is 0 Å². The number of carbonyl (C=O) groups excluding carboxylic acids is 1. The fraction of sp³-hybridized carbons (Fsp3) is 0.866. The molecule has 0 radical (unpaired) electrons. The summed E-state index contributed by atoms with van der Waals surface area (Å²) >= 11 is 0. The topological polar surface area (TPSA) is 228 Å². The molecule has 0 aromatic carbocycles. The predicted octanol–water partition coefficient (Wildman–Crippen LogP) is 18.4. The Hall–Kier alpha value is -2.31. The van der Waals surface area contributed by atoms with E-state index >= 15 is 0 Å². The molecule has 2 aliphatic heterocycles. The molecule has 562 valence electrons. The van der Waals surface area contributed by atoms with Crippen LogP contribution >= 0.6 is 0 Å². The molecule has 12 atom stereocenters. The molecule has 0 spiro atoms. The lowest BCUT2D eigenvalue weighted by Gasteiger charge is -2.46. The second-order valence-electron chi connectivity index (χ2n) is 28.5. The standard InChI is InChI=1S/C82H151NO13/c1-3-5-7-9-11-13-15-17-19-21-23-25-27-29-31-33-34-35-36-38-39-41-43-45-47-49-51-53-55-57-59-61-63-65-71(86)70(69-93-81-79(92)77(90)80(73(68-85)95-81)96-82-78(91)76(89)75(88)72(67-84)94-82)83-74(87)66-64-62-60-58-56-54-52-50-48-46-44-42-40-37-32-30-28-26-24-22-20-18-16-14-12-10-8-6-4-2/h16,18,22,24,28,30,55,57,63,65,70-73,75-82,84-86,88-92H,3-15,17,19-21,23,25-27,29,31-54,56,58-62,64,66-69H2,1-2H3,(H,83,87)/b18-16-,24-22-,30-28-,57-55+,65-63+. The van der Waals surface area contributed by atoms with Crippen LogP contribution in [0.1, 0.15) is 361 Å². The maximum absolute atomic E-state index is 13.4. The number of ether oxygens (including phenoxy) is 4. The molecule has 0 aromatic heterocycles. The number of aliphatic hydroxyl groups excluding tert-OH is 8. The van der Waals surface area contributed by atoms with Crippen molar-refractivity contribution in [2.24, 2.45) is 0 Å². The third kappa shape index (κ3) is 48.5. The van der Waals surface area contributed by atoms with E-state index in [1.54, 1.807) is 6.08 Å². The summed E-state index contributed by atoms with van der Waals surface area (Å²) in [5.74, 6) is -0.246. The SMILES string of the molecule is CCCCCCC/C=C\C/C=C\C/C=C\CCCCCCCCCCCCCCCCC(=O)NC(COC1OC(CO)C(OC2OC(CO)C(O)C(O)C2O)C(O)C1O)C(O)/C=C/CC/C=C/CCCCCCCCCCCCCCCCCCCCCCCCCCCCC. The minimum atomic E-state index is -1.79. The minimum Gasteiger partial charge on any atom is -0.394 e. The second-order valence-corrected chi connectivity index (χ2v) is 28.5. The van der Waals surface area contributed by atoms with Gasteiger partial charge >= 0.3 is 0 Å². The maximum atomic E-state index is 13.4. The Morgan fingerprint density at radius 1 is 0.375 bits per heavy atom. The lowest BCUT2D eigenvalue weighted by Crippen LogP contribution is -2.65. The summed E-state index contributed by atoms with van der Waals surface area (Å²) in [7, 11) is 0. The molecule has 2 heterocycles. The largest absolute Gasteiger partial charge is 0.394 e. The van der Waals surface area contributed by atoms with Crippen LogP contribution in [-0.2, 0) is 23.7 Å². The van der Waals surface area contributed by atoms with Crippen LogP contribution in [0.15, 0.2) is 60.8 Å². The van der Waals surface area contributed by atoms with Crippen molar-refractivity contribution in [3.63, 3.8) is 0 Å². The highest BCUT2D eigenvalue weighted by Gasteiger charge is 2.51. The Labute approximate surface area is 587 Å². The summed E-state index contributed by atoms with van der Waals surface area (Å²) in [5, 5.41) is 87.7. The summed E-state index contributed by atoms with van der Waals surface area (Å²) in [5.41, 5.74) is 0. The van der Waals surface area contributed by atoms with Crippen LogP contribution in [0.3, 0.4) is 0 Å². The minimum absolute atomic E-state index is 0.246. The van der Waals surface area contributed by atoms with Gasteiger partial charge in [-0.3, -0.25) is 4.79 Å². The van der Waals surface area contributed by atoms with Crippen LogP contribution in [-0.4, -0.2) is 140 Å². The summed E-state index contributed by atoms with van der Waals surface area (Å²) in [6.45, 7) is 2.82. The highest BCUT2D eigenvalue weighted by Crippen LogP contribution is 2.30. The molecule has 2 rings (SSSR count). The van der Waals surface area contributed by atoms with E-state index in [0.29, 0.717) is 12.8 Å². The van der Waals surface area contributed by atoms with Gasteiger partial charge in [-0.2, -0.15) is 0 Å². The van der Waals surface area contributed by atoms with E-state index < -0.39 is 86.8 Å². The van der Waals surface area contributed by atoms with E-state index in [1.807, 2.05) is 6.08 Å². The average Bonchev–Trinajstić information content (AvgIpc) is 0.854. The fourth-order valence-electron chi connectivity index (χ4n) is 13.3. The molecule has 2 saturated heterocycles. The van der Waals surface area contributed by atoms with Gasteiger partial charge in [0.05, 0.1) is 32.0 Å². The van der Waals surface area contributed by atoms with Crippen molar-refractivity contribution in [2.75, 3.05) is 19.8 Å². The number of allylic oxidation sites excluding steroid dienone is 9. The molecule has 14 nitrogen and oxygen atoms in total. The van der Waals surface area contributed by atoms with Crippen LogP contribution in [0.25, 0.3) is 0 Å². The molecule has 1 amide bonds. The van der Waals surface area contributed by atoms with Crippen molar-refractivity contribution >= 4 is 5.91 Å². The van der Waals surface area contributed by atoms with E-state index in [-0.39, 0.29) is 18.9 Å². The summed E-state index contributed by atoms with van der Waals surface area (Å²) < 4.78 is 22.9. The normalized spacial score (nSPS) is 22.5. The van der Waals surface area contributed by atoms with Crippen LogP contribution in [0.4, 0.5) is 0 Å². The number of hydrogen-bond donors (Lipinski definition) is 9. The van der Waals surface area contributed by atoms with Crippen molar-refractivity contribution in [3.8, 4) is 0 Å². The zero-order valence-corrected chi connectivity index (χ0v) is 61.6. The van der Waals surface area contributed by atoms with E-state index in [1.165, 1.54) is 283 Å². The molecule has 2 fully saturated rings.